The van der Waals surface area contributed by atoms with Gasteiger partial charge in [-0.1, -0.05) is 0 Å². The van der Waals surface area contributed by atoms with Crippen molar-refractivity contribution < 1.29 is 0 Å². The van der Waals surface area contributed by atoms with Crippen LogP contribution in [-0.2, 0) is 0 Å². The van der Waals surface area contributed by atoms with Crippen molar-refractivity contribution in [1.82, 2.24) is 9.97 Å². The van der Waals surface area contributed by atoms with Crippen LogP contribution in [0.4, 0.5) is 0 Å². The van der Waals surface area contributed by atoms with Crippen molar-refractivity contribution in [3.8, 4) is 0 Å². The highest BCUT2D eigenvalue weighted by molar-refractivity contribution is 5.11. The highest BCUT2D eigenvalue weighted by Crippen LogP contribution is 1.98. The molecule has 0 saturated carbocycles. The van der Waals surface area contributed by atoms with E-state index in [0.717, 1.165) is 17.1 Å². The zero-order valence-corrected chi connectivity index (χ0v) is 5.68. The van der Waals surface area contributed by atoms with Crippen LogP contribution < -0.4 is 0 Å². The Bertz CT molecular complexity index is 218. The molecule has 0 unspecified atom stereocenters. The average molecular weight is 121 g/mol. The first-order chi connectivity index (χ1) is 4.20. The van der Waals surface area contributed by atoms with Gasteiger partial charge < -0.3 is 0 Å². The molecule has 0 spiro atoms. The molecule has 1 rings (SSSR count). The molecule has 2 heteroatoms. The van der Waals surface area contributed by atoms with E-state index in [4.69, 9.17) is 0 Å². The van der Waals surface area contributed by atoms with Crippen molar-refractivity contribution in [2.75, 3.05) is 0 Å². The van der Waals surface area contributed by atoms with Gasteiger partial charge in [0, 0.05) is 6.20 Å². The second-order valence-corrected chi connectivity index (χ2v) is 2.03. The standard InChI is InChI=1S/C7H9N2/c1-5-4-8-6(2)7(3)9-5/h4H,1H2,2-3H3. The van der Waals surface area contributed by atoms with E-state index in [2.05, 4.69) is 16.9 Å². The molecular weight excluding hydrogens is 112 g/mol. The molecule has 2 nitrogen and oxygen atoms in total. The van der Waals surface area contributed by atoms with E-state index in [0.29, 0.717) is 0 Å². The lowest BCUT2D eigenvalue weighted by molar-refractivity contribution is 1.03. The molecule has 1 aromatic rings. The summed E-state index contributed by atoms with van der Waals surface area (Å²) in [6, 6.07) is 0. The third kappa shape index (κ3) is 1.25. The first-order valence-corrected chi connectivity index (χ1v) is 2.82. The summed E-state index contributed by atoms with van der Waals surface area (Å²) >= 11 is 0. The van der Waals surface area contributed by atoms with Crippen LogP contribution in [-0.4, -0.2) is 9.97 Å². The predicted molar refractivity (Wildman–Crippen MR) is 36.0 cm³/mol. The van der Waals surface area contributed by atoms with E-state index in [1.165, 1.54) is 0 Å². The Morgan fingerprint density at radius 2 is 2.00 bits per heavy atom. The quantitative estimate of drug-likeness (QED) is 0.516. The van der Waals surface area contributed by atoms with E-state index in [1.807, 2.05) is 13.8 Å². The number of aryl methyl sites for hydroxylation is 2. The molecule has 1 heterocycles. The monoisotopic (exact) mass is 121 g/mol. The van der Waals surface area contributed by atoms with Gasteiger partial charge >= 0.3 is 0 Å². The molecule has 1 radical (unpaired) electrons. The van der Waals surface area contributed by atoms with Gasteiger partial charge in [0.1, 0.15) is 0 Å². The van der Waals surface area contributed by atoms with Crippen molar-refractivity contribution in [3.63, 3.8) is 0 Å². The van der Waals surface area contributed by atoms with Crippen LogP contribution in [0.3, 0.4) is 0 Å². The molecular formula is C7H9N2. The summed E-state index contributed by atoms with van der Waals surface area (Å²) in [6.07, 6.45) is 1.67. The lowest BCUT2D eigenvalue weighted by atomic mass is 10.3. The van der Waals surface area contributed by atoms with Crippen LogP contribution in [0.25, 0.3) is 0 Å². The van der Waals surface area contributed by atoms with Gasteiger partial charge in [0.2, 0.25) is 0 Å². The Hall–Kier alpha value is -0.920. The van der Waals surface area contributed by atoms with Gasteiger partial charge in [0.05, 0.1) is 17.1 Å². The fraction of sp³-hybridized carbons (Fsp3) is 0.286. The molecule has 0 aromatic carbocycles. The molecule has 0 bridgehead atoms. The molecule has 0 fully saturated rings. The van der Waals surface area contributed by atoms with Crippen LogP contribution in [0.5, 0.6) is 0 Å². The molecule has 9 heavy (non-hydrogen) atoms. The largest absolute Gasteiger partial charge is 0.258 e. The van der Waals surface area contributed by atoms with Gasteiger partial charge in [0.25, 0.3) is 0 Å². The molecule has 0 aliphatic heterocycles. The maximum Gasteiger partial charge on any atom is 0.0594 e. The second-order valence-electron chi connectivity index (χ2n) is 2.03. The third-order valence-electron chi connectivity index (χ3n) is 1.24. The van der Waals surface area contributed by atoms with Crippen LogP contribution in [0.1, 0.15) is 17.1 Å². The summed E-state index contributed by atoms with van der Waals surface area (Å²) < 4.78 is 0. The molecule has 0 saturated heterocycles. The van der Waals surface area contributed by atoms with Crippen molar-refractivity contribution in [1.29, 1.82) is 0 Å². The first kappa shape index (κ1) is 6.20. The van der Waals surface area contributed by atoms with E-state index in [-0.39, 0.29) is 0 Å². The zero-order chi connectivity index (χ0) is 6.85. The second kappa shape index (κ2) is 2.13. The number of hydrogen-bond donors (Lipinski definition) is 0. The molecule has 0 atom stereocenters. The fourth-order valence-corrected chi connectivity index (χ4v) is 0.590. The zero-order valence-electron chi connectivity index (χ0n) is 5.68. The van der Waals surface area contributed by atoms with E-state index >= 15 is 0 Å². The van der Waals surface area contributed by atoms with Crippen LogP contribution >= 0.6 is 0 Å². The average Bonchev–Trinajstić information content (AvgIpc) is 1.80. The fourth-order valence-electron chi connectivity index (χ4n) is 0.590. The summed E-state index contributed by atoms with van der Waals surface area (Å²) in [4.78, 5) is 8.15. The molecule has 0 amide bonds. The summed E-state index contributed by atoms with van der Waals surface area (Å²) in [7, 11) is 0. The normalized spacial score (nSPS) is 9.67. The Balaban J connectivity index is 3.17. The summed E-state index contributed by atoms with van der Waals surface area (Å²) in [5, 5.41) is 0. The number of nitrogens with zero attached hydrogens (tertiary/aromatic N) is 2. The summed E-state index contributed by atoms with van der Waals surface area (Å²) in [5.74, 6) is 0. The van der Waals surface area contributed by atoms with Gasteiger partial charge in [-0.05, 0) is 20.8 Å². The number of hydrogen-bond acceptors (Lipinski definition) is 2. The van der Waals surface area contributed by atoms with Crippen LogP contribution in [0.2, 0.25) is 0 Å². The number of rotatable bonds is 0. The van der Waals surface area contributed by atoms with Gasteiger partial charge in [-0.2, -0.15) is 0 Å². The highest BCUT2D eigenvalue weighted by atomic mass is 14.8. The molecule has 0 aliphatic carbocycles. The Kier molecular flexibility index (Phi) is 1.47. The van der Waals surface area contributed by atoms with E-state index < -0.39 is 0 Å². The molecule has 0 aliphatic rings. The highest BCUT2D eigenvalue weighted by Gasteiger charge is 1.92. The van der Waals surface area contributed by atoms with Gasteiger partial charge in [-0.25, -0.2) is 0 Å². The minimum absolute atomic E-state index is 0.734. The van der Waals surface area contributed by atoms with Crippen LogP contribution in [0.15, 0.2) is 6.20 Å². The lowest BCUT2D eigenvalue weighted by Crippen LogP contribution is -1.92. The Labute approximate surface area is 55.0 Å². The predicted octanol–water partition coefficient (Wildman–Crippen LogP) is 1.28. The summed E-state index contributed by atoms with van der Waals surface area (Å²) in [5.41, 5.74) is 2.67. The van der Waals surface area contributed by atoms with Gasteiger partial charge in [-0.3, -0.25) is 9.97 Å². The minimum atomic E-state index is 0.734. The van der Waals surface area contributed by atoms with Crippen molar-refractivity contribution >= 4 is 0 Å². The Morgan fingerprint density at radius 1 is 1.33 bits per heavy atom. The van der Waals surface area contributed by atoms with Gasteiger partial charge in [-0.15, -0.1) is 0 Å². The van der Waals surface area contributed by atoms with Crippen LogP contribution in [0, 0.1) is 20.8 Å². The minimum Gasteiger partial charge on any atom is -0.258 e. The van der Waals surface area contributed by atoms with Crippen molar-refractivity contribution in [2.45, 2.75) is 13.8 Å². The maximum absolute atomic E-state index is 4.10. The topological polar surface area (TPSA) is 25.8 Å². The smallest absolute Gasteiger partial charge is 0.0594 e. The number of aromatic nitrogens is 2. The van der Waals surface area contributed by atoms with Gasteiger partial charge in [0.15, 0.2) is 0 Å². The van der Waals surface area contributed by atoms with Crippen molar-refractivity contribution in [2.24, 2.45) is 0 Å². The molecule has 47 valence electrons. The summed E-state index contributed by atoms with van der Waals surface area (Å²) in [6.45, 7) is 7.51. The van der Waals surface area contributed by atoms with E-state index in [1.54, 1.807) is 6.20 Å². The molecule has 1 aromatic heterocycles. The van der Waals surface area contributed by atoms with E-state index in [9.17, 15) is 0 Å². The maximum atomic E-state index is 4.10. The first-order valence-electron chi connectivity index (χ1n) is 2.82. The molecule has 0 N–H and O–H groups in total. The SMILES string of the molecule is [CH2]c1cnc(C)c(C)n1. The van der Waals surface area contributed by atoms with Crippen molar-refractivity contribution in [3.05, 3.63) is 30.2 Å². The lowest BCUT2D eigenvalue weighted by Gasteiger charge is -1.96. The Morgan fingerprint density at radius 3 is 2.44 bits per heavy atom. The third-order valence-corrected chi connectivity index (χ3v) is 1.24.